The molecule has 12 heteroatoms. The van der Waals surface area contributed by atoms with E-state index < -0.39 is 11.9 Å². The highest BCUT2D eigenvalue weighted by molar-refractivity contribution is 8.18. The Morgan fingerprint density at radius 1 is 1.25 bits per heavy atom. The number of esters is 1. The Bertz CT molecular complexity index is 1070. The molecule has 4 rings (SSSR count). The van der Waals surface area contributed by atoms with Crippen LogP contribution in [0.3, 0.4) is 0 Å². The molecule has 2 saturated heterocycles. The Labute approximate surface area is 188 Å². The van der Waals surface area contributed by atoms with Gasteiger partial charge < -0.3 is 15.0 Å². The summed E-state index contributed by atoms with van der Waals surface area (Å²) in [5.74, 6) is 0.489. The minimum absolute atomic E-state index is 0.213. The number of hydrogen-bond acceptors (Lipinski definition) is 11. The number of anilines is 2. The molecule has 2 aromatic rings. The SMILES string of the molecule is COC(=O)c1ccnc(NCC2CCN(c3nccc(C=C4SC(=O)NC4=O)n3)CC2)n1. The van der Waals surface area contributed by atoms with Gasteiger partial charge in [0.15, 0.2) is 5.69 Å². The van der Waals surface area contributed by atoms with Gasteiger partial charge in [0.25, 0.3) is 11.1 Å². The number of amides is 2. The number of methoxy groups -OCH3 is 1. The number of rotatable bonds is 6. The maximum absolute atomic E-state index is 11.7. The van der Waals surface area contributed by atoms with E-state index in [4.69, 9.17) is 0 Å². The zero-order valence-corrected chi connectivity index (χ0v) is 18.1. The van der Waals surface area contributed by atoms with Crippen LogP contribution >= 0.6 is 11.8 Å². The summed E-state index contributed by atoms with van der Waals surface area (Å²) in [4.78, 5) is 54.3. The number of nitrogens with one attached hydrogen (secondary N) is 2. The van der Waals surface area contributed by atoms with Crippen molar-refractivity contribution in [3.63, 3.8) is 0 Å². The van der Waals surface area contributed by atoms with Gasteiger partial charge in [0.1, 0.15) is 0 Å². The first-order valence-corrected chi connectivity index (χ1v) is 10.8. The van der Waals surface area contributed by atoms with Crippen molar-refractivity contribution in [2.24, 2.45) is 5.92 Å². The smallest absolute Gasteiger partial charge is 0.356 e. The molecule has 2 N–H and O–H groups in total. The fourth-order valence-electron chi connectivity index (χ4n) is 3.38. The number of nitrogens with zero attached hydrogens (tertiary/aromatic N) is 5. The number of ether oxygens (including phenoxy) is 1. The molecule has 0 bridgehead atoms. The van der Waals surface area contributed by atoms with Crippen LogP contribution < -0.4 is 15.5 Å². The Morgan fingerprint density at radius 3 is 2.75 bits per heavy atom. The average molecular weight is 456 g/mol. The minimum Gasteiger partial charge on any atom is -0.464 e. The predicted molar refractivity (Wildman–Crippen MR) is 118 cm³/mol. The molecule has 2 aliphatic rings. The second kappa shape index (κ2) is 9.73. The van der Waals surface area contributed by atoms with Gasteiger partial charge in [-0.3, -0.25) is 14.9 Å². The molecule has 0 aliphatic carbocycles. The number of aromatic nitrogens is 4. The van der Waals surface area contributed by atoms with E-state index >= 15 is 0 Å². The van der Waals surface area contributed by atoms with Crippen molar-refractivity contribution in [2.75, 3.05) is 37.0 Å². The van der Waals surface area contributed by atoms with Gasteiger partial charge in [0.2, 0.25) is 11.9 Å². The van der Waals surface area contributed by atoms with Gasteiger partial charge in [-0.1, -0.05) is 0 Å². The molecule has 2 aromatic heterocycles. The summed E-state index contributed by atoms with van der Waals surface area (Å²) in [6, 6.07) is 3.21. The summed E-state index contributed by atoms with van der Waals surface area (Å²) < 4.78 is 4.68. The number of hydrogen-bond donors (Lipinski definition) is 2. The third-order valence-electron chi connectivity index (χ3n) is 5.08. The summed E-state index contributed by atoms with van der Waals surface area (Å²) >= 11 is 0.862. The molecule has 2 fully saturated rings. The van der Waals surface area contributed by atoms with Crippen LogP contribution in [0.4, 0.5) is 16.7 Å². The molecule has 0 radical (unpaired) electrons. The molecule has 0 unspecified atom stereocenters. The van der Waals surface area contributed by atoms with Crippen LogP contribution in [0.2, 0.25) is 0 Å². The molecule has 0 saturated carbocycles. The van der Waals surface area contributed by atoms with E-state index in [1.165, 1.54) is 19.4 Å². The van der Waals surface area contributed by atoms with Crippen LogP contribution in [0.25, 0.3) is 6.08 Å². The lowest BCUT2D eigenvalue weighted by Gasteiger charge is -2.32. The van der Waals surface area contributed by atoms with Crippen LogP contribution in [0.1, 0.15) is 29.0 Å². The van der Waals surface area contributed by atoms with E-state index in [0.29, 0.717) is 35.0 Å². The third-order valence-corrected chi connectivity index (χ3v) is 5.89. The van der Waals surface area contributed by atoms with E-state index in [-0.39, 0.29) is 10.9 Å². The molecule has 4 heterocycles. The number of piperidine rings is 1. The molecule has 2 amide bonds. The topological polar surface area (TPSA) is 139 Å². The van der Waals surface area contributed by atoms with Gasteiger partial charge in [-0.05, 0) is 48.7 Å². The Kier molecular flexibility index (Phi) is 6.59. The number of imide groups is 1. The monoisotopic (exact) mass is 455 g/mol. The molecule has 0 spiro atoms. The molecule has 2 aliphatic heterocycles. The average Bonchev–Trinajstić information content (AvgIpc) is 3.14. The molecule has 0 aromatic carbocycles. The summed E-state index contributed by atoms with van der Waals surface area (Å²) in [5, 5.41) is 5.04. The number of carbonyl (C=O) groups excluding carboxylic acids is 3. The van der Waals surface area contributed by atoms with Crippen LogP contribution in [0.15, 0.2) is 29.4 Å². The highest BCUT2D eigenvalue weighted by Gasteiger charge is 2.26. The van der Waals surface area contributed by atoms with E-state index in [2.05, 4.69) is 40.2 Å². The predicted octanol–water partition coefficient (Wildman–Crippen LogP) is 1.71. The summed E-state index contributed by atoms with van der Waals surface area (Å²) in [5.41, 5.74) is 0.790. The largest absolute Gasteiger partial charge is 0.464 e. The van der Waals surface area contributed by atoms with Gasteiger partial charge in [0, 0.05) is 32.0 Å². The standard InChI is InChI=1S/C20H21N7O4S/c1-31-17(29)14-3-7-21-18(25-14)23-11-12-4-8-27(9-5-12)19-22-6-2-13(24-19)10-15-16(28)26-20(30)32-15/h2-3,6-7,10,12H,4-5,8-9,11H2,1H3,(H,21,23,25)(H,26,28,30). The van der Waals surface area contributed by atoms with Crippen molar-refractivity contribution in [1.29, 1.82) is 0 Å². The van der Waals surface area contributed by atoms with Crippen LogP contribution in [0.5, 0.6) is 0 Å². The molecule has 11 nitrogen and oxygen atoms in total. The van der Waals surface area contributed by atoms with E-state index in [1.54, 1.807) is 18.3 Å². The van der Waals surface area contributed by atoms with Crippen molar-refractivity contribution in [2.45, 2.75) is 12.8 Å². The lowest BCUT2D eigenvalue weighted by molar-refractivity contribution is -0.115. The highest BCUT2D eigenvalue weighted by atomic mass is 32.2. The lowest BCUT2D eigenvalue weighted by atomic mass is 9.97. The lowest BCUT2D eigenvalue weighted by Crippen LogP contribution is -2.37. The molecule has 32 heavy (non-hydrogen) atoms. The first kappa shape index (κ1) is 21.7. The van der Waals surface area contributed by atoms with E-state index in [1.807, 2.05) is 0 Å². The van der Waals surface area contributed by atoms with Crippen molar-refractivity contribution in [3.8, 4) is 0 Å². The zero-order chi connectivity index (χ0) is 22.5. The summed E-state index contributed by atoms with van der Waals surface area (Å²) in [6.45, 7) is 2.25. The van der Waals surface area contributed by atoms with E-state index in [0.717, 1.165) is 37.7 Å². The first-order valence-electron chi connectivity index (χ1n) is 10.00. The minimum atomic E-state index is -0.500. The Hall–Kier alpha value is -3.54. The van der Waals surface area contributed by atoms with Gasteiger partial charge in [0.05, 0.1) is 17.7 Å². The van der Waals surface area contributed by atoms with Crippen LogP contribution in [-0.4, -0.2) is 63.8 Å². The van der Waals surface area contributed by atoms with Crippen molar-refractivity contribution in [1.82, 2.24) is 25.3 Å². The van der Waals surface area contributed by atoms with Crippen molar-refractivity contribution in [3.05, 3.63) is 40.8 Å². The molecular weight excluding hydrogens is 434 g/mol. The maximum atomic E-state index is 11.7. The number of carbonyl (C=O) groups is 3. The van der Waals surface area contributed by atoms with Crippen LogP contribution in [0, 0.1) is 5.92 Å². The first-order chi connectivity index (χ1) is 15.5. The quantitative estimate of drug-likeness (QED) is 0.486. The zero-order valence-electron chi connectivity index (χ0n) is 17.3. The normalized spacial score (nSPS) is 18.0. The third kappa shape index (κ3) is 5.19. The van der Waals surface area contributed by atoms with Crippen LogP contribution in [-0.2, 0) is 9.53 Å². The highest BCUT2D eigenvalue weighted by Crippen LogP contribution is 2.26. The van der Waals surface area contributed by atoms with Crippen molar-refractivity contribution >= 4 is 46.9 Å². The van der Waals surface area contributed by atoms with Gasteiger partial charge in [-0.25, -0.2) is 24.7 Å². The maximum Gasteiger partial charge on any atom is 0.356 e. The second-order valence-corrected chi connectivity index (χ2v) is 8.22. The number of thioether (sulfide) groups is 1. The summed E-state index contributed by atoms with van der Waals surface area (Å²) in [7, 11) is 1.31. The Morgan fingerprint density at radius 2 is 2.03 bits per heavy atom. The van der Waals surface area contributed by atoms with Gasteiger partial charge in [-0.15, -0.1) is 0 Å². The Balaban J connectivity index is 1.31. The summed E-state index contributed by atoms with van der Waals surface area (Å²) in [6.07, 6.45) is 6.60. The van der Waals surface area contributed by atoms with Gasteiger partial charge in [-0.2, -0.15) is 0 Å². The van der Waals surface area contributed by atoms with E-state index in [9.17, 15) is 14.4 Å². The fraction of sp³-hybridized carbons (Fsp3) is 0.350. The second-order valence-electron chi connectivity index (χ2n) is 7.20. The fourth-order valence-corrected chi connectivity index (χ4v) is 4.05. The molecule has 0 atom stereocenters. The van der Waals surface area contributed by atoms with Gasteiger partial charge >= 0.3 is 5.97 Å². The molecular formula is C20H21N7O4S. The van der Waals surface area contributed by atoms with Crippen molar-refractivity contribution < 1.29 is 19.1 Å². The molecule has 166 valence electrons.